The fourth-order valence-electron chi connectivity index (χ4n) is 2.59. The van der Waals surface area contributed by atoms with E-state index in [9.17, 15) is 23.4 Å². The Morgan fingerprint density at radius 2 is 1.84 bits per heavy atom. The molecule has 0 saturated carbocycles. The number of nitrogens with zero attached hydrogens (tertiary/aromatic N) is 1. The van der Waals surface area contributed by atoms with Gasteiger partial charge < -0.3 is 25.2 Å². The zero-order valence-corrected chi connectivity index (χ0v) is 14.2. The van der Waals surface area contributed by atoms with Crippen molar-refractivity contribution in [1.82, 2.24) is 0 Å². The minimum absolute atomic E-state index is 0.0600. The second kappa shape index (κ2) is 6.87. The zero-order valence-electron chi connectivity index (χ0n) is 14.2. The minimum Gasteiger partial charge on any atom is -0.504 e. The number of hydrogen-bond acceptors (Lipinski definition) is 5. The number of anilines is 2. The quantitative estimate of drug-likeness (QED) is 0.697. The molecule has 1 aromatic carbocycles. The summed E-state index contributed by atoms with van der Waals surface area (Å²) < 4.78 is 41.5. The van der Waals surface area contributed by atoms with Crippen LogP contribution in [0, 0.1) is 0 Å². The van der Waals surface area contributed by atoms with Gasteiger partial charge in [0.1, 0.15) is 0 Å². The topological polar surface area (TPSA) is 65.0 Å². The van der Waals surface area contributed by atoms with Gasteiger partial charge in [-0.1, -0.05) is 6.92 Å². The minimum atomic E-state index is -4.97. The molecule has 1 aliphatic rings. The summed E-state index contributed by atoms with van der Waals surface area (Å²) in [6.07, 6.45) is -3.91. The van der Waals surface area contributed by atoms with E-state index < -0.39 is 23.6 Å². The third kappa shape index (κ3) is 4.82. The van der Waals surface area contributed by atoms with Crippen molar-refractivity contribution in [1.29, 1.82) is 0 Å². The van der Waals surface area contributed by atoms with E-state index in [1.807, 2.05) is 19.0 Å². The monoisotopic (exact) mass is 358 g/mol. The molecular weight excluding hydrogens is 337 g/mol. The average Bonchev–Trinajstić information content (AvgIpc) is 2.49. The molecular formula is C17H21F3N2O3. The van der Waals surface area contributed by atoms with Crippen LogP contribution in [-0.4, -0.2) is 36.4 Å². The number of rotatable bonds is 5. The van der Waals surface area contributed by atoms with E-state index in [1.165, 1.54) is 0 Å². The molecule has 0 bridgehead atoms. The van der Waals surface area contributed by atoms with Crippen molar-refractivity contribution in [2.75, 3.05) is 24.3 Å². The maximum Gasteiger partial charge on any atom is 0.573 e. The first-order valence-corrected chi connectivity index (χ1v) is 7.71. The lowest BCUT2D eigenvalue weighted by Gasteiger charge is -2.33. The summed E-state index contributed by atoms with van der Waals surface area (Å²) in [5, 5.41) is 23.4. The van der Waals surface area contributed by atoms with Gasteiger partial charge in [-0.05, 0) is 36.3 Å². The lowest BCUT2D eigenvalue weighted by Crippen LogP contribution is -2.39. The number of nitrogens with one attached hydrogen (secondary N) is 1. The average molecular weight is 358 g/mol. The molecule has 0 aromatic heterocycles. The normalized spacial score (nSPS) is 21.0. The second-order valence-corrected chi connectivity index (χ2v) is 6.03. The number of benzene rings is 1. The van der Waals surface area contributed by atoms with E-state index in [4.69, 9.17) is 0 Å². The molecule has 2 rings (SSSR count). The van der Waals surface area contributed by atoms with Crippen LogP contribution in [0.25, 0.3) is 0 Å². The highest BCUT2D eigenvalue weighted by molar-refractivity contribution is 5.56. The maximum atomic E-state index is 12.5. The molecule has 1 unspecified atom stereocenters. The molecule has 1 aromatic rings. The highest BCUT2D eigenvalue weighted by Gasteiger charge is 2.39. The van der Waals surface area contributed by atoms with Crippen LogP contribution in [0.2, 0.25) is 0 Å². The van der Waals surface area contributed by atoms with Gasteiger partial charge in [0.15, 0.2) is 17.2 Å². The van der Waals surface area contributed by atoms with E-state index in [0.717, 1.165) is 11.8 Å². The van der Waals surface area contributed by atoms with Crippen molar-refractivity contribution < 1.29 is 28.1 Å². The van der Waals surface area contributed by atoms with Crippen LogP contribution in [0.15, 0.2) is 47.4 Å². The molecule has 0 heterocycles. The standard InChI is InChI=1S/C17H21F3N2O3/c1-4-11-9-16(24,10-14(15(11)23)25-17(18,19)20)21-12-5-7-13(8-6-12)22(2)3/h5-8,10,21,23-24H,4,9H2,1-3H3. The second-order valence-electron chi connectivity index (χ2n) is 6.03. The Morgan fingerprint density at radius 3 is 2.32 bits per heavy atom. The van der Waals surface area contributed by atoms with E-state index in [2.05, 4.69) is 10.1 Å². The van der Waals surface area contributed by atoms with Crippen molar-refractivity contribution in [3.8, 4) is 0 Å². The third-order valence-electron chi connectivity index (χ3n) is 3.82. The lowest BCUT2D eigenvalue weighted by molar-refractivity contribution is -0.305. The molecule has 0 saturated heterocycles. The Bertz CT molecular complexity index is 681. The first kappa shape index (κ1) is 19.0. The van der Waals surface area contributed by atoms with Crippen molar-refractivity contribution >= 4 is 11.4 Å². The maximum absolute atomic E-state index is 12.5. The molecule has 5 nitrogen and oxygen atoms in total. The van der Waals surface area contributed by atoms with Gasteiger partial charge in [-0.15, -0.1) is 13.2 Å². The molecule has 1 aliphatic carbocycles. The summed E-state index contributed by atoms with van der Waals surface area (Å²) in [4.78, 5) is 1.89. The summed E-state index contributed by atoms with van der Waals surface area (Å²) in [5.41, 5.74) is -0.0866. The van der Waals surface area contributed by atoms with Gasteiger partial charge in [0.25, 0.3) is 0 Å². The molecule has 8 heteroatoms. The van der Waals surface area contributed by atoms with Crippen LogP contribution < -0.4 is 10.2 Å². The van der Waals surface area contributed by atoms with Gasteiger partial charge in [-0.25, -0.2) is 0 Å². The smallest absolute Gasteiger partial charge is 0.504 e. The molecule has 0 radical (unpaired) electrons. The van der Waals surface area contributed by atoms with Gasteiger partial charge in [0.2, 0.25) is 0 Å². The SMILES string of the molecule is CCC1=C(O)C(OC(F)(F)F)=CC(O)(Nc2ccc(N(C)C)cc2)C1. The number of ether oxygens (including phenoxy) is 1. The van der Waals surface area contributed by atoms with Crippen LogP contribution >= 0.6 is 0 Å². The van der Waals surface area contributed by atoms with Crippen LogP contribution in [0.5, 0.6) is 0 Å². The van der Waals surface area contributed by atoms with Crippen molar-refractivity contribution in [2.24, 2.45) is 0 Å². The fourth-order valence-corrected chi connectivity index (χ4v) is 2.59. The predicted molar refractivity (Wildman–Crippen MR) is 89.1 cm³/mol. The van der Waals surface area contributed by atoms with E-state index in [1.54, 1.807) is 31.2 Å². The highest BCUT2D eigenvalue weighted by Crippen LogP contribution is 2.36. The third-order valence-corrected chi connectivity index (χ3v) is 3.82. The van der Waals surface area contributed by atoms with E-state index in [0.29, 0.717) is 5.69 Å². The molecule has 0 amide bonds. The van der Waals surface area contributed by atoms with Crippen LogP contribution in [0.3, 0.4) is 0 Å². The Hall–Kier alpha value is -2.35. The van der Waals surface area contributed by atoms with Crippen molar-refractivity contribution in [3.63, 3.8) is 0 Å². The van der Waals surface area contributed by atoms with Gasteiger partial charge in [-0.2, -0.15) is 0 Å². The molecule has 0 spiro atoms. The number of halogens is 3. The van der Waals surface area contributed by atoms with Gasteiger partial charge >= 0.3 is 6.36 Å². The Balaban J connectivity index is 2.29. The molecule has 25 heavy (non-hydrogen) atoms. The summed E-state index contributed by atoms with van der Waals surface area (Å²) >= 11 is 0. The first-order valence-electron chi connectivity index (χ1n) is 7.71. The van der Waals surface area contributed by atoms with Gasteiger partial charge in [0, 0.05) is 38.0 Å². The fraction of sp³-hybridized carbons (Fsp3) is 0.412. The van der Waals surface area contributed by atoms with Gasteiger partial charge in [0.05, 0.1) is 0 Å². The first-order chi connectivity index (χ1) is 11.5. The molecule has 3 N–H and O–H groups in total. The van der Waals surface area contributed by atoms with E-state index >= 15 is 0 Å². The molecule has 1 atom stereocenters. The Kier molecular flexibility index (Phi) is 5.22. The summed E-state index contributed by atoms with van der Waals surface area (Å²) in [6, 6.07) is 7.02. The molecule has 138 valence electrons. The number of hydrogen-bond donors (Lipinski definition) is 3. The van der Waals surface area contributed by atoms with Crippen LogP contribution in [0.4, 0.5) is 24.5 Å². The van der Waals surface area contributed by atoms with Crippen molar-refractivity contribution in [3.05, 3.63) is 47.4 Å². The summed E-state index contributed by atoms with van der Waals surface area (Å²) in [5.74, 6) is -1.40. The number of alkyl halides is 3. The summed E-state index contributed by atoms with van der Waals surface area (Å²) in [6.45, 7) is 1.67. The van der Waals surface area contributed by atoms with Gasteiger partial charge in [-0.3, -0.25) is 0 Å². The van der Waals surface area contributed by atoms with E-state index in [-0.39, 0.29) is 18.4 Å². The largest absolute Gasteiger partial charge is 0.573 e. The number of aliphatic hydroxyl groups excluding tert-OH is 1. The van der Waals surface area contributed by atoms with Crippen molar-refractivity contribution in [2.45, 2.75) is 31.9 Å². The molecule has 0 aliphatic heterocycles. The zero-order chi connectivity index (χ0) is 18.8. The Morgan fingerprint density at radius 1 is 1.24 bits per heavy atom. The van der Waals surface area contributed by atoms with Crippen LogP contribution in [-0.2, 0) is 4.74 Å². The Labute approximate surface area is 144 Å². The van der Waals surface area contributed by atoms with Crippen LogP contribution in [0.1, 0.15) is 19.8 Å². The number of aliphatic hydroxyl groups is 2. The summed E-state index contributed by atoms with van der Waals surface area (Å²) in [7, 11) is 3.75. The lowest BCUT2D eigenvalue weighted by atomic mass is 9.92. The predicted octanol–water partition coefficient (Wildman–Crippen LogP) is 3.90. The molecule has 0 fully saturated rings. The highest BCUT2D eigenvalue weighted by atomic mass is 19.4.